The van der Waals surface area contributed by atoms with Gasteiger partial charge in [0.2, 0.25) is 5.22 Å². The average Bonchev–Trinajstić information content (AvgIpc) is 2.83. The summed E-state index contributed by atoms with van der Waals surface area (Å²) in [6.07, 6.45) is 2.10. The molecule has 0 radical (unpaired) electrons. The lowest BCUT2D eigenvalue weighted by Gasteiger charge is -2.24. The highest BCUT2D eigenvalue weighted by atomic mass is 35.5. The van der Waals surface area contributed by atoms with Gasteiger partial charge in [0.15, 0.2) is 5.78 Å². The number of hydrogen-bond donors (Lipinski definition) is 0. The molecule has 3 rings (SSSR count). The molecule has 0 bridgehead atoms. The maximum absolute atomic E-state index is 12.4. The van der Waals surface area contributed by atoms with Crippen LogP contribution in [0.3, 0.4) is 0 Å². The Balaban J connectivity index is 2.00. The standard InChI is InChI=1S/C14H11ClO3/c15-14-11(6-8-18-14)13(16)10-5-7-17-12-4-2-1-3-9(10)12/h1-4,6,8,10H,5,7H2. The number of fused-ring (bicyclic) bond motifs is 1. The molecular weight excluding hydrogens is 252 g/mol. The van der Waals surface area contributed by atoms with E-state index < -0.39 is 0 Å². The van der Waals surface area contributed by atoms with E-state index in [9.17, 15) is 4.79 Å². The number of rotatable bonds is 2. The third-order valence-corrected chi connectivity index (χ3v) is 3.45. The van der Waals surface area contributed by atoms with Crippen molar-refractivity contribution in [3.8, 4) is 5.75 Å². The SMILES string of the molecule is O=C(c1ccoc1Cl)C1CCOc2ccccc21. The average molecular weight is 263 g/mol. The third-order valence-electron chi connectivity index (χ3n) is 3.16. The number of furan rings is 1. The molecule has 18 heavy (non-hydrogen) atoms. The molecule has 0 saturated carbocycles. The van der Waals surface area contributed by atoms with Gasteiger partial charge in [0.05, 0.1) is 24.4 Å². The van der Waals surface area contributed by atoms with Crippen molar-refractivity contribution in [3.05, 3.63) is 52.9 Å². The van der Waals surface area contributed by atoms with E-state index >= 15 is 0 Å². The quantitative estimate of drug-likeness (QED) is 0.775. The maximum Gasteiger partial charge on any atom is 0.203 e. The molecule has 0 saturated heterocycles. The Hall–Kier alpha value is -1.74. The highest BCUT2D eigenvalue weighted by Gasteiger charge is 2.30. The maximum atomic E-state index is 12.4. The van der Waals surface area contributed by atoms with Gasteiger partial charge in [0.25, 0.3) is 0 Å². The highest BCUT2D eigenvalue weighted by Crippen LogP contribution is 2.36. The van der Waals surface area contributed by atoms with Crippen LogP contribution in [0, 0.1) is 0 Å². The second-order valence-corrected chi connectivity index (χ2v) is 4.54. The number of para-hydroxylation sites is 1. The molecule has 1 aliphatic heterocycles. The monoisotopic (exact) mass is 262 g/mol. The smallest absolute Gasteiger partial charge is 0.203 e. The third kappa shape index (κ3) is 1.81. The molecule has 4 heteroatoms. The van der Waals surface area contributed by atoms with E-state index in [-0.39, 0.29) is 16.9 Å². The van der Waals surface area contributed by atoms with Crippen LogP contribution in [0.15, 0.2) is 41.0 Å². The van der Waals surface area contributed by atoms with Crippen molar-refractivity contribution < 1.29 is 13.9 Å². The largest absolute Gasteiger partial charge is 0.493 e. The predicted molar refractivity (Wildman–Crippen MR) is 67.3 cm³/mol. The molecule has 1 aromatic carbocycles. The van der Waals surface area contributed by atoms with Crippen molar-refractivity contribution in [1.82, 2.24) is 0 Å². The molecule has 0 N–H and O–H groups in total. The zero-order valence-electron chi connectivity index (χ0n) is 9.56. The normalized spacial score (nSPS) is 17.9. The molecule has 0 spiro atoms. The van der Waals surface area contributed by atoms with Crippen LogP contribution in [0.5, 0.6) is 5.75 Å². The Morgan fingerprint density at radius 3 is 2.89 bits per heavy atom. The molecule has 0 aliphatic carbocycles. The number of benzene rings is 1. The summed E-state index contributed by atoms with van der Waals surface area (Å²) in [5.41, 5.74) is 1.37. The van der Waals surface area contributed by atoms with Crippen LogP contribution in [0.25, 0.3) is 0 Å². The fourth-order valence-corrected chi connectivity index (χ4v) is 2.48. The number of hydrogen-bond acceptors (Lipinski definition) is 3. The molecule has 0 fully saturated rings. The van der Waals surface area contributed by atoms with E-state index in [1.54, 1.807) is 6.07 Å². The molecule has 1 unspecified atom stereocenters. The molecule has 2 aromatic rings. The Kier molecular flexibility index (Phi) is 2.84. The van der Waals surface area contributed by atoms with Gasteiger partial charge >= 0.3 is 0 Å². The van der Waals surface area contributed by atoms with Crippen LogP contribution in [-0.2, 0) is 0 Å². The molecular formula is C14H11ClO3. The summed E-state index contributed by atoms with van der Waals surface area (Å²) >= 11 is 5.86. The van der Waals surface area contributed by atoms with E-state index in [1.165, 1.54) is 6.26 Å². The van der Waals surface area contributed by atoms with Gasteiger partial charge in [-0.25, -0.2) is 0 Å². The first-order valence-electron chi connectivity index (χ1n) is 5.76. The lowest BCUT2D eigenvalue weighted by molar-refractivity contribution is 0.0932. The van der Waals surface area contributed by atoms with E-state index in [2.05, 4.69) is 0 Å². The number of carbonyl (C=O) groups excluding carboxylic acids is 1. The zero-order valence-corrected chi connectivity index (χ0v) is 10.3. The summed E-state index contributed by atoms with van der Waals surface area (Å²) in [7, 11) is 0. The summed E-state index contributed by atoms with van der Waals surface area (Å²) in [6.45, 7) is 0.545. The summed E-state index contributed by atoms with van der Waals surface area (Å²) in [4.78, 5) is 12.4. The van der Waals surface area contributed by atoms with Gasteiger partial charge in [-0.15, -0.1) is 0 Å². The van der Waals surface area contributed by atoms with Gasteiger partial charge in [-0.2, -0.15) is 0 Å². The second-order valence-electron chi connectivity index (χ2n) is 4.20. The number of carbonyl (C=O) groups is 1. The predicted octanol–water partition coefficient (Wildman–Crippen LogP) is 3.68. The van der Waals surface area contributed by atoms with Crippen molar-refractivity contribution in [2.45, 2.75) is 12.3 Å². The summed E-state index contributed by atoms with van der Waals surface area (Å²) in [5, 5.41) is 0.156. The van der Waals surface area contributed by atoms with Crippen LogP contribution in [0.2, 0.25) is 5.22 Å². The van der Waals surface area contributed by atoms with Gasteiger partial charge in [-0.3, -0.25) is 4.79 Å². The molecule has 1 aromatic heterocycles. The van der Waals surface area contributed by atoms with Gasteiger partial charge in [-0.05, 0) is 30.2 Å². The molecule has 0 amide bonds. The van der Waals surface area contributed by atoms with E-state index in [1.807, 2.05) is 24.3 Å². The first kappa shape index (κ1) is 11.4. The highest BCUT2D eigenvalue weighted by molar-refractivity contribution is 6.32. The van der Waals surface area contributed by atoms with E-state index in [0.29, 0.717) is 18.6 Å². The topological polar surface area (TPSA) is 39.4 Å². The van der Waals surface area contributed by atoms with Crippen molar-refractivity contribution >= 4 is 17.4 Å². The van der Waals surface area contributed by atoms with Gasteiger partial charge in [0.1, 0.15) is 5.75 Å². The molecule has 2 heterocycles. The number of Topliss-reactive ketones (excluding diaryl/α,β-unsaturated/α-hetero) is 1. The summed E-state index contributed by atoms with van der Waals surface area (Å²) in [6, 6.07) is 9.22. The number of ether oxygens (including phenoxy) is 1. The fraction of sp³-hybridized carbons (Fsp3) is 0.214. The minimum Gasteiger partial charge on any atom is -0.493 e. The molecule has 92 valence electrons. The Labute approximate surface area is 109 Å². The van der Waals surface area contributed by atoms with Crippen LogP contribution >= 0.6 is 11.6 Å². The minimum atomic E-state index is -0.204. The Morgan fingerprint density at radius 2 is 2.11 bits per heavy atom. The first-order chi connectivity index (χ1) is 8.77. The van der Waals surface area contributed by atoms with Gasteiger partial charge < -0.3 is 9.15 Å². The number of ketones is 1. The first-order valence-corrected chi connectivity index (χ1v) is 6.14. The Morgan fingerprint density at radius 1 is 1.28 bits per heavy atom. The van der Waals surface area contributed by atoms with Crippen LogP contribution in [0.1, 0.15) is 28.3 Å². The van der Waals surface area contributed by atoms with Crippen LogP contribution in [0.4, 0.5) is 0 Å². The van der Waals surface area contributed by atoms with Gasteiger partial charge in [-0.1, -0.05) is 18.2 Å². The Bertz CT molecular complexity index is 588. The lowest BCUT2D eigenvalue weighted by Crippen LogP contribution is -2.21. The summed E-state index contributed by atoms with van der Waals surface area (Å²) in [5.74, 6) is 0.566. The summed E-state index contributed by atoms with van der Waals surface area (Å²) < 4.78 is 10.5. The van der Waals surface area contributed by atoms with Crippen LogP contribution < -0.4 is 4.74 Å². The minimum absolute atomic E-state index is 0.00972. The van der Waals surface area contributed by atoms with E-state index in [4.69, 9.17) is 20.8 Å². The van der Waals surface area contributed by atoms with Crippen molar-refractivity contribution in [2.75, 3.05) is 6.61 Å². The second kappa shape index (κ2) is 4.50. The molecule has 1 aliphatic rings. The molecule has 3 nitrogen and oxygen atoms in total. The van der Waals surface area contributed by atoms with E-state index in [0.717, 1.165) is 11.3 Å². The van der Waals surface area contributed by atoms with Gasteiger partial charge in [0, 0.05) is 5.56 Å². The van der Waals surface area contributed by atoms with Crippen molar-refractivity contribution in [1.29, 1.82) is 0 Å². The zero-order chi connectivity index (χ0) is 12.5. The van der Waals surface area contributed by atoms with Crippen molar-refractivity contribution in [2.24, 2.45) is 0 Å². The van der Waals surface area contributed by atoms with Crippen molar-refractivity contribution in [3.63, 3.8) is 0 Å². The van der Waals surface area contributed by atoms with Crippen LogP contribution in [-0.4, -0.2) is 12.4 Å². The lowest BCUT2D eigenvalue weighted by atomic mass is 9.87. The molecule has 1 atom stereocenters. The number of halogens is 1. The fourth-order valence-electron chi connectivity index (χ4n) is 2.27.